The normalized spacial score (nSPS) is 30.0. The average molecular weight is 241 g/mol. The minimum absolute atomic E-state index is 0.0236. The first-order valence-corrected chi connectivity index (χ1v) is 6.84. The number of nitrogens with two attached hydrogens (primary N) is 1. The lowest BCUT2D eigenvalue weighted by molar-refractivity contribution is 0.0387. The Morgan fingerprint density at radius 3 is 2.71 bits per heavy atom. The van der Waals surface area contributed by atoms with E-state index in [0.29, 0.717) is 0 Å². The Bertz CT molecular complexity index is 241. The average Bonchev–Trinajstić information content (AvgIpc) is 2.64. The molecule has 0 bridgehead atoms. The second-order valence-corrected chi connectivity index (χ2v) is 5.95. The molecule has 2 saturated heterocycles. The minimum Gasteiger partial charge on any atom is -0.381 e. The van der Waals surface area contributed by atoms with Gasteiger partial charge in [0, 0.05) is 37.9 Å². The molecular weight excluding hydrogens is 214 g/mol. The minimum atomic E-state index is -0.0236. The number of hydrogen-bond donors (Lipinski definition) is 1. The number of ether oxygens (including phenoxy) is 1. The van der Waals surface area contributed by atoms with E-state index in [0.717, 1.165) is 45.2 Å². The molecule has 1 unspecified atom stereocenters. The smallest absolute Gasteiger partial charge is 0.0484 e. The molecule has 2 aliphatic rings. The standard InChI is InChI=1S/C13H27N3O/c1-15(10-12-4-3-7-16(12)2)11-13(14)5-8-17-9-6-13/h12H,3-11,14H2,1-2H3. The van der Waals surface area contributed by atoms with Crippen molar-refractivity contribution in [3.63, 3.8) is 0 Å². The van der Waals surface area contributed by atoms with Crippen LogP contribution in [-0.4, -0.2) is 68.3 Å². The van der Waals surface area contributed by atoms with E-state index in [1.807, 2.05) is 0 Å². The van der Waals surface area contributed by atoms with Gasteiger partial charge >= 0.3 is 0 Å². The highest BCUT2D eigenvalue weighted by molar-refractivity contribution is 4.90. The van der Waals surface area contributed by atoms with Crippen molar-refractivity contribution in [2.45, 2.75) is 37.3 Å². The first-order chi connectivity index (χ1) is 8.09. The molecule has 0 amide bonds. The van der Waals surface area contributed by atoms with Gasteiger partial charge in [0.15, 0.2) is 0 Å². The monoisotopic (exact) mass is 241 g/mol. The highest BCUT2D eigenvalue weighted by Gasteiger charge is 2.30. The third kappa shape index (κ3) is 3.65. The summed E-state index contributed by atoms with van der Waals surface area (Å²) in [6.45, 7) is 5.05. The maximum Gasteiger partial charge on any atom is 0.0484 e. The fourth-order valence-electron chi connectivity index (χ4n) is 3.11. The van der Waals surface area contributed by atoms with E-state index < -0.39 is 0 Å². The van der Waals surface area contributed by atoms with E-state index in [-0.39, 0.29) is 5.54 Å². The van der Waals surface area contributed by atoms with Gasteiger partial charge in [-0.3, -0.25) is 0 Å². The van der Waals surface area contributed by atoms with Crippen molar-refractivity contribution in [3.8, 4) is 0 Å². The highest BCUT2D eigenvalue weighted by Crippen LogP contribution is 2.20. The number of nitrogens with zero attached hydrogens (tertiary/aromatic N) is 2. The largest absolute Gasteiger partial charge is 0.381 e. The maximum atomic E-state index is 6.43. The Morgan fingerprint density at radius 1 is 1.41 bits per heavy atom. The van der Waals surface area contributed by atoms with Crippen LogP contribution < -0.4 is 5.73 Å². The lowest BCUT2D eigenvalue weighted by Crippen LogP contribution is -2.54. The van der Waals surface area contributed by atoms with Crippen molar-refractivity contribution in [2.75, 3.05) is 46.9 Å². The molecule has 4 heteroatoms. The molecule has 0 aromatic rings. The van der Waals surface area contributed by atoms with Crippen molar-refractivity contribution in [3.05, 3.63) is 0 Å². The maximum absolute atomic E-state index is 6.43. The van der Waals surface area contributed by atoms with Crippen LogP contribution in [0.3, 0.4) is 0 Å². The molecule has 17 heavy (non-hydrogen) atoms. The van der Waals surface area contributed by atoms with Crippen LogP contribution in [0.25, 0.3) is 0 Å². The van der Waals surface area contributed by atoms with Crippen LogP contribution in [0, 0.1) is 0 Å². The van der Waals surface area contributed by atoms with Crippen molar-refractivity contribution in [2.24, 2.45) is 5.73 Å². The SMILES string of the molecule is CN(CC1CCCN1C)CC1(N)CCOCC1. The summed E-state index contributed by atoms with van der Waals surface area (Å²) < 4.78 is 5.39. The Balaban J connectivity index is 1.77. The molecule has 2 rings (SSSR count). The van der Waals surface area contributed by atoms with E-state index in [1.54, 1.807) is 0 Å². The van der Waals surface area contributed by atoms with Crippen LogP contribution >= 0.6 is 0 Å². The van der Waals surface area contributed by atoms with Crippen LogP contribution in [0.15, 0.2) is 0 Å². The molecule has 1 atom stereocenters. The molecule has 0 saturated carbocycles. The van der Waals surface area contributed by atoms with Gasteiger partial charge in [0.1, 0.15) is 0 Å². The van der Waals surface area contributed by atoms with Crippen LogP contribution in [0.1, 0.15) is 25.7 Å². The Hall–Kier alpha value is -0.160. The molecule has 4 nitrogen and oxygen atoms in total. The van der Waals surface area contributed by atoms with Gasteiger partial charge < -0.3 is 20.3 Å². The summed E-state index contributed by atoms with van der Waals surface area (Å²) >= 11 is 0. The molecule has 100 valence electrons. The van der Waals surface area contributed by atoms with E-state index >= 15 is 0 Å². The number of rotatable bonds is 4. The topological polar surface area (TPSA) is 41.7 Å². The fourth-order valence-corrected chi connectivity index (χ4v) is 3.11. The van der Waals surface area contributed by atoms with E-state index in [1.165, 1.54) is 19.4 Å². The van der Waals surface area contributed by atoms with Gasteiger partial charge in [-0.25, -0.2) is 0 Å². The molecule has 2 N–H and O–H groups in total. The lowest BCUT2D eigenvalue weighted by Gasteiger charge is -2.38. The van der Waals surface area contributed by atoms with E-state index in [9.17, 15) is 0 Å². The van der Waals surface area contributed by atoms with Crippen LogP contribution in [0.5, 0.6) is 0 Å². The van der Waals surface area contributed by atoms with Gasteiger partial charge in [-0.1, -0.05) is 0 Å². The summed E-state index contributed by atoms with van der Waals surface area (Å²) in [6, 6.07) is 0.725. The molecule has 2 heterocycles. The predicted molar refractivity (Wildman–Crippen MR) is 70.1 cm³/mol. The van der Waals surface area contributed by atoms with E-state index in [2.05, 4.69) is 23.9 Å². The third-order valence-electron chi connectivity index (χ3n) is 4.27. The summed E-state index contributed by atoms with van der Waals surface area (Å²) in [7, 11) is 4.44. The second kappa shape index (κ2) is 5.65. The van der Waals surface area contributed by atoms with Gasteiger partial charge in [0.05, 0.1) is 0 Å². The first kappa shape index (κ1) is 13.3. The van der Waals surface area contributed by atoms with E-state index in [4.69, 9.17) is 10.5 Å². The van der Waals surface area contributed by atoms with Gasteiger partial charge in [0.2, 0.25) is 0 Å². The molecule has 0 radical (unpaired) electrons. The fraction of sp³-hybridized carbons (Fsp3) is 1.00. The Kier molecular flexibility index (Phi) is 4.42. The number of likely N-dealkylation sites (N-methyl/N-ethyl adjacent to an activating group) is 2. The van der Waals surface area contributed by atoms with Crippen LogP contribution in [0.4, 0.5) is 0 Å². The van der Waals surface area contributed by atoms with Crippen LogP contribution in [0.2, 0.25) is 0 Å². The molecule has 0 aromatic carbocycles. The lowest BCUT2D eigenvalue weighted by atomic mass is 9.91. The molecule has 0 aromatic heterocycles. The molecular formula is C13H27N3O. The summed E-state index contributed by atoms with van der Waals surface area (Å²) in [6.07, 6.45) is 4.67. The molecule has 2 aliphatic heterocycles. The van der Waals surface area contributed by atoms with Gasteiger partial charge in [-0.2, -0.15) is 0 Å². The van der Waals surface area contributed by atoms with Crippen molar-refractivity contribution < 1.29 is 4.74 Å². The molecule has 0 aliphatic carbocycles. The van der Waals surface area contributed by atoms with Crippen molar-refractivity contribution in [1.82, 2.24) is 9.80 Å². The number of likely N-dealkylation sites (tertiary alicyclic amines) is 1. The zero-order valence-corrected chi connectivity index (χ0v) is 11.3. The highest BCUT2D eigenvalue weighted by atomic mass is 16.5. The van der Waals surface area contributed by atoms with Gasteiger partial charge in [-0.05, 0) is 46.3 Å². The second-order valence-electron chi connectivity index (χ2n) is 5.95. The first-order valence-electron chi connectivity index (χ1n) is 6.84. The predicted octanol–water partition coefficient (Wildman–Crippen LogP) is 0.520. The Morgan fingerprint density at radius 2 is 2.12 bits per heavy atom. The zero-order valence-electron chi connectivity index (χ0n) is 11.3. The third-order valence-corrected chi connectivity index (χ3v) is 4.27. The molecule has 2 fully saturated rings. The van der Waals surface area contributed by atoms with Crippen molar-refractivity contribution in [1.29, 1.82) is 0 Å². The zero-order chi connectivity index (χ0) is 12.3. The van der Waals surface area contributed by atoms with Gasteiger partial charge in [0.25, 0.3) is 0 Å². The quantitative estimate of drug-likeness (QED) is 0.779. The summed E-state index contributed by atoms with van der Waals surface area (Å²) in [4.78, 5) is 4.89. The van der Waals surface area contributed by atoms with Crippen molar-refractivity contribution >= 4 is 0 Å². The molecule has 0 spiro atoms. The number of hydrogen-bond acceptors (Lipinski definition) is 4. The summed E-state index contributed by atoms with van der Waals surface area (Å²) in [5, 5.41) is 0. The van der Waals surface area contributed by atoms with Gasteiger partial charge in [-0.15, -0.1) is 0 Å². The Labute approximate surface area is 105 Å². The summed E-state index contributed by atoms with van der Waals surface area (Å²) in [5.41, 5.74) is 6.41. The van der Waals surface area contributed by atoms with Crippen LogP contribution in [-0.2, 0) is 4.74 Å². The summed E-state index contributed by atoms with van der Waals surface area (Å²) in [5.74, 6) is 0.